The van der Waals surface area contributed by atoms with Crippen LogP contribution in [0.4, 0.5) is 5.69 Å². The lowest BCUT2D eigenvalue weighted by Gasteiger charge is -2.16. The predicted octanol–water partition coefficient (Wildman–Crippen LogP) is 3.07. The van der Waals surface area contributed by atoms with Crippen molar-refractivity contribution in [3.63, 3.8) is 0 Å². The van der Waals surface area contributed by atoms with E-state index in [1.165, 1.54) is 18.2 Å². The van der Waals surface area contributed by atoms with E-state index in [0.717, 1.165) is 5.69 Å². The van der Waals surface area contributed by atoms with Crippen molar-refractivity contribution in [2.45, 2.75) is 11.0 Å². The summed E-state index contributed by atoms with van der Waals surface area (Å²) >= 11 is 11.7. The second-order valence-electron chi connectivity index (χ2n) is 5.43. The fourth-order valence-electron chi connectivity index (χ4n) is 2.06. The van der Waals surface area contributed by atoms with Crippen molar-refractivity contribution in [1.29, 1.82) is 0 Å². The maximum absolute atomic E-state index is 12.3. The van der Waals surface area contributed by atoms with Crippen molar-refractivity contribution < 1.29 is 13.5 Å². The number of nitrogens with zero attached hydrogens (tertiary/aromatic N) is 1. The van der Waals surface area contributed by atoms with E-state index in [4.69, 9.17) is 23.2 Å². The van der Waals surface area contributed by atoms with Crippen molar-refractivity contribution in [3.05, 3.63) is 58.1 Å². The zero-order valence-corrected chi connectivity index (χ0v) is 15.5. The van der Waals surface area contributed by atoms with Gasteiger partial charge in [0.1, 0.15) is 4.90 Å². The molecule has 0 bridgehead atoms. The Morgan fingerprint density at radius 1 is 1.12 bits per heavy atom. The van der Waals surface area contributed by atoms with Gasteiger partial charge in [0, 0.05) is 31.4 Å². The molecule has 2 rings (SSSR count). The predicted molar refractivity (Wildman–Crippen MR) is 97.4 cm³/mol. The second-order valence-corrected chi connectivity index (χ2v) is 8.01. The molecule has 0 aliphatic heterocycles. The van der Waals surface area contributed by atoms with Crippen molar-refractivity contribution in [3.8, 4) is 0 Å². The summed E-state index contributed by atoms with van der Waals surface area (Å²) in [5.41, 5.74) is 1.60. The van der Waals surface area contributed by atoms with Gasteiger partial charge < -0.3 is 10.0 Å². The molecule has 0 aliphatic carbocycles. The van der Waals surface area contributed by atoms with E-state index >= 15 is 0 Å². The highest BCUT2D eigenvalue weighted by Gasteiger charge is 2.20. The molecule has 0 aliphatic rings. The van der Waals surface area contributed by atoms with E-state index in [0.29, 0.717) is 5.56 Å². The lowest BCUT2D eigenvalue weighted by Crippen LogP contribution is -2.28. The molecule has 2 aromatic rings. The fourth-order valence-corrected chi connectivity index (χ4v) is 3.86. The van der Waals surface area contributed by atoms with Crippen LogP contribution in [0.3, 0.4) is 0 Å². The van der Waals surface area contributed by atoms with Crippen LogP contribution in [0.1, 0.15) is 11.7 Å². The smallest absolute Gasteiger partial charge is 0.242 e. The van der Waals surface area contributed by atoms with Gasteiger partial charge >= 0.3 is 0 Å². The van der Waals surface area contributed by atoms with Gasteiger partial charge in [-0.3, -0.25) is 0 Å². The van der Waals surface area contributed by atoms with Crippen LogP contribution >= 0.6 is 23.2 Å². The number of rotatable bonds is 6. The first-order chi connectivity index (χ1) is 11.2. The Balaban J connectivity index is 2.10. The molecule has 0 spiro atoms. The summed E-state index contributed by atoms with van der Waals surface area (Å²) in [6.07, 6.45) is -0.978. The summed E-state index contributed by atoms with van der Waals surface area (Å²) in [7, 11) is -0.0507. The number of halogens is 2. The van der Waals surface area contributed by atoms with E-state index in [9.17, 15) is 13.5 Å². The van der Waals surface area contributed by atoms with Crippen molar-refractivity contribution in [2.24, 2.45) is 0 Å². The second kappa shape index (κ2) is 7.72. The Kier molecular flexibility index (Phi) is 6.11. The Labute approximate surface area is 151 Å². The molecule has 24 heavy (non-hydrogen) atoms. The minimum absolute atomic E-state index is 0.0664. The molecule has 8 heteroatoms. The molecule has 2 N–H and O–H groups in total. The summed E-state index contributed by atoms with van der Waals surface area (Å²) in [6.45, 7) is -0.174. The molecule has 0 fully saturated rings. The molecule has 1 atom stereocenters. The third-order valence-electron chi connectivity index (χ3n) is 3.44. The first-order valence-corrected chi connectivity index (χ1v) is 9.34. The Morgan fingerprint density at radius 2 is 1.75 bits per heavy atom. The molecule has 5 nitrogen and oxygen atoms in total. The van der Waals surface area contributed by atoms with Crippen LogP contribution < -0.4 is 9.62 Å². The van der Waals surface area contributed by atoms with E-state index in [1.54, 1.807) is 12.1 Å². The van der Waals surface area contributed by atoms with Gasteiger partial charge in [0.2, 0.25) is 10.0 Å². The molecular weight excluding hydrogens is 371 g/mol. The number of hydrogen-bond acceptors (Lipinski definition) is 4. The third kappa shape index (κ3) is 4.62. The van der Waals surface area contributed by atoms with Crippen LogP contribution in [-0.4, -0.2) is 34.2 Å². The standard InChI is InChI=1S/C16H18Cl2N2O3S/c1-20(2)13-6-3-11(4-7-13)15(21)10-19-24(22,23)16-9-12(17)5-8-14(16)18/h3-9,15,19,21H,10H2,1-2H3/t15-/m0/s1. The van der Waals surface area contributed by atoms with Gasteiger partial charge in [-0.25, -0.2) is 13.1 Å². The summed E-state index contributed by atoms with van der Waals surface area (Å²) < 4.78 is 27.0. The highest BCUT2D eigenvalue weighted by Crippen LogP contribution is 2.25. The molecule has 0 radical (unpaired) electrons. The van der Waals surface area contributed by atoms with Crippen LogP contribution in [0, 0.1) is 0 Å². The van der Waals surface area contributed by atoms with E-state index in [1.807, 2.05) is 31.1 Å². The first kappa shape index (κ1) is 19.0. The highest BCUT2D eigenvalue weighted by atomic mass is 35.5. The zero-order chi connectivity index (χ0) is 17.9. The van der Waals surface area contributed by atoms with Crippen LogP contribution in [-0.2, 0) is 10.0 Å². The lowest BCUT2D eigenvalue weighted by molar-refractivity contribution is 0.182. The van der Waals surface area contributed by atoms with Gasteiger partial charge in [0.15, 0.2) is 0 Å². The lowest BCUT2D eigenvalue weighted by atomic mass is 10.1. The number of aliphatic hydroxyl groups is 1. The Bertz CT molecular complexity index is 809. The molecular formula is C16H18Cl2N2O3S. The summed E-state index contributed by atoms with van der Waals surface area (Å²) in [5.74, 6) is 0. The van der Waals surface area contributed by atoms with Gasteiger partial charge in [-0.05, 0) is 35.9 Å². The Hall–Kier alpha value is -1.31. The van der Waals surface area contributed by atoms with Crippen LogP contribution in [0.2, 0.25) is 10.0 Å². The van der Waals surface area contributed by atoms with Gasteiger partial charge in [-0.15, -0.1) is 0 Å². The van der Waals surface area contributed by atoms with Gasteiger partial charge in [-0.1, -0.05) is 35.3 Å². The SMILES string of the molecule is CN(C)c1ccc([C@@H](O)CNS(=O)(=O)c2cc(Cl)ccc2Cl)cc1. The third-order valence-corrected chi connectivity index (χ3v) is 5.58. The number of anilines is 1. The van der Waals surface area contributed by atoms with Gasteiger partial charge in [0.05, 0.1) is 11.1 Å². The maximum Gasteiger partial charge on any atom is 0.242 e. The number of hydrogen-bond donors (Lipinski definition) is 2. The molecule has 0 saturated carbocycles. The minimum Gasteiger partial charge on any atom is -0.387 e. The first-order valence-electron chi connectivity index (χ1n) is 7.11. The average Bonchev–Trinajstić information content (AvgIpc) is 2.55. The van der Waals surface area contributed by atoms with E-state index in [2.05, 4.69) is 4.72 Å². The molecule has 0 heterocycles. The number of nitrogens with one attached hydrogen (secondary N) is 1. The molecule has 130 valence electrons. The highest BCUT2D eigenvalue weighted by molar-refractivity contribution is 7.89. The maximum atomic E-state index is 12.3. The fraction of sp³-hybridized carbons (Fsp3) is 0.250. The Morgan fingerprint density at radius 3 is 2.33 bits per heavy atom. The number of benzene rings is 2. The van der Waals surface area contributed by atoms with Gasteiger partial charge in [0.25, 0.3) is 0 Å². The van der Waals surface area contributed by atoms with Crippen LogP contribution in [0.15, 0.2) is 47.4 Å². The van der Waals surface area contributed by atoms with Crippen molar-refractivity contribution >= 4 is 38.9 Å². The topological polar surface area (TPSA) is 69.6 Å². The summed E-state index contributed by atoms with van der Waals surface area (Å²) in [5, 5.41) is 10.5. The molecule has 0 aromatic heterocycles. The largest absolute Gasteiger partial charge is 0.387 e. The van der Waals surface area contributed by atoms with Gasteiger partial charge in [-0.2, -0.15) is 0 Å². The molecule has 0 amide bonds. The average molecular weight is 389 g/mol. The van der Waals surface area contributed by atoms with Crippen molar-refractivity contribution in [2.75, 3.05) is 25.5 Å². The molecule has 0 unspecified atom stereocenters. The van der Waals surface area contributed by atoms with Crippen LogP contribution in [0.25, 0.3) is 0 Å². The van der Waals surface area contributed by atoms with Crippen molar-refractivity contribution in [1.82, 2.24) is 4.72 Å². The van der Waals surface area contributed by atoms with Crippen LogP contribution in [0.5, 0.6) is 0 Å². The zero-order valence-electron chi connectivity index (χ0n) is 13.2. The molecule has 0 saturated heterocycles. The normalized spacial score (nSPS) is 12.9. The minimum atomic E-state index is -3.87. The number of aliphatic hydroxyl groups excluding tert-OH is 1. The quantitative estimate of drug-likeness (QED) is 0.797. The summed E-state index contributed by atoms with van der Waals surface area (Å²) in [6, 6.07) is 11.4. The molecule has 2 aromatic carbocycles. The van der Waals surface area contributed by atoms with E-state index in [-0.39, 0.29) is 21.5 Å². The summed E-state index contributed by atoms with van der Waals surface area (Å²) in [4.78, 5) is 1.81. The van der Waals surface area contributed by atoms with E-state index < -0.39 is 16.1 Å². The number of sulfonamides is 1. The monoisotopic (exact) mass is 388 g/mol.